The van der Waals surface area contributed by atoms with E-state index >= 15 is 0 Å². The minimum atomic E-state index is -1.35. The van der Waals surface area contributed by atoms with E-state index in [1.54, 1.807) is 58.0 Å². The fraction of sp³-hybridized carbons (Fsp3) is 0.500. The largest absolute Gasteiger partial charge is 0.507 e. The lowest BCUT2D eigenvalue weighted by Crippen LogP contribution is -2.54. The van der Waals surface area contributed by atoms with Crippen molar-refractivity contribution in [3.63, 3.8) is 0 Å². The van der Waals surface area contributed by atoms with Crippen LogP contribution in [0, 0.1) is 13.8 Å². The molecule has 214 valence electrons. The summed E-state index contributed by atoms with van der Waals surface area (Å²) in [7, 11) is 0. The van der Waals surface area contributed by atoms with Gasteiger partial charge in [-0.2, -0.15) is 0 Å². The zero-order valence-electron chi connectivity index (χ0n) is 23.9. The summed E-state index contributed by atoms with van der Waals surface area (Å²) >= 11 is 0. The molecule has 4 N–H and O–H groups in total. The molecule has 0 heterocycles. The fourth-order valence-electron chi connectivity index (χ4n) is 4.18. The van der Waals surface area contributed by atoms with Crippen molar-refractivity contribution in [2.75, 3.05) is 18.5 Å². The summed E-state index contributed by atoms with van der Waals surface area (Å²) in [6.45, 7) is 10.2. The summed E-state index contributed by atoms with van der Waals surface area (Å²) in [6, 6.07) is 9.70. The van der Waals surface area contributed by atoms with Gasteiger partial charge in [-0.05, 0) is 58.2 Å². The molecule has 0 saturated heterocycles. The number of hydrogen-bond acceptors (Lipinski definition) is 6. The molecule has 0 spiro atoms. The highest BCUT2D eigenvalue weighted by molar-refractivity contribution is 5.99. The lowest BCUT2D eigenvalue weighted by atomic mass is 9.98. The smallest absolute Gasteiger partial charge is 0.408 e. The summed E-state index contributed by atoms with van der Waals surface area (Å²) < 4.78 is 5.28. The molecule has 0 aliphatic heterocycles. The van der Waals surface area contributed by atoms with Gasteiger partial charge in [0, 0.05) is 17.8 Å². The van der Waals surface area contributed by atoms with Gasteiger partial charge >= 0.3 is 6.09 Å². The van der Waals surface area contributed by atoms with E-state index < -0.39 is 42.2 Å². The van der Waals surface area contributed by atoms with Crippen molar-refractivity contribution >= 4 is 23.6 Å². The Morgan fingerprint density at radius 2 is 1.64 bits per heavy atom. The predicted octanol–water partition coefficient (Wildman–Crippen LogP) is 4.98. The van der Waals surface area contributed by atoms with Gasteiger partial charge in [-0.3, -0.25) is 9.59 Å². The quantitative estimate of drug-likeness (QED) is 0.281. The van der Waals surface area contributed by atoms with Gasteiger partial charge in [0.15, 0.2) is 0 Å². The van der Waals surface area contributed by atoms with Crippen LogP contribution in [0.2, 0.25) is 0 Å². The third kappa shape index (κ3) is 9.28. The Kier molecular flexibility index (Phi) is 11.8. The van der Waals surface area contributed by atoms with E-state index in [0.717, 1.165) is 24.8 Å². The molecule has 2 unspecified atom stereocenters. The number of ether oxygens (including phenoxy) is 1. The highest BCUT2D eigenvalue weighted by atomic mass is 16.6. The van der Waals surface area contributed by atoms with Crippen molar-refractivity contribution < 1.29 is 29.3 Å². The highest BCUT2D eigenvalue weighted by Gasteiger charge is 2.37. The highest BCUT2D eigenvalue weighted by Crippen LogP contribution is 2.33. The third-order valence-electron chi connectivity index (χ3n) is 6.23. The molecule has 0 fully saturated rings. The molecule has 0 aromatic heterocycles. The van der Waals surface area contributed by atoms with Crippen LogP contribution in [0.25, 0.3) is 0 Å². The number of para-hydroxylation sites is 2. The number of alkyl carbamates (subject to hydrolysis) is 1. The zero-order chi connectivity index (χ0) is 29.2. The molecule has 0 aliphatic carbocycles. The first-order valence-corrected chi connectivity index (χ1v) is 13.4. The van der Waals surface area contributed by atoms with Crippen molar-refractivity contribution in [1.29, 1.82) is 0 Å². The summed E-state index contributed by atoms with van der Waals surface area (Å²) in [5.41, 5.74) is 1.39. The number of rotatable bonds is 12. The van der Waals surface area contributed by atoms with Crippen molar-refractivity contribution in [3.8, 4) is 5.75 Å². The van der Waals surface area contributed by atoms with Crippen LogP contribution in [0.15, 0.2) is 42.5 Å². The van der Waals surface area contributed by atoms with Crippen LogP contribution < -0.4 is 10.6 Å². The van der Waals surface area contributed by atoms with E-state index in [0.29, 0.717) is 17.7 Å². The van der Waals surface area contributed by atoms with Gasteiger partial charge in [-0.25, -0.2) is 4.79 Å². The monoisotopic (exact) mass is 541 g/mol. The van der Waals surface area contributed by atoms with Crippen LogP contribution >= 0.6 is 0 Å². The number of aliphatic hydroxyl groups is 1. The SMILES string of the molecule is CCCCCCN(C(=O)C(CO)NC(=O)OC(C)(C)C)C(C(=O)Nc1ccccc1C)c1cccc(C)c1O. The Morgan fingerprint density at radius 1 is 0.974 bits per heavy atom. The number of carbonyl (C=O) groups is 3. The van der Waals surface area contributed by atoms with Gasteiger partial charge in [0.25, 0.3) is 5.91 Å². The topological polar surface area (TPSA) is 128 Å². The Hall–Kier alpha value is -3.59. The average molecular weight is 542 g/mol. The molecule has 0 aliphatic rings. The van der Waals surface area contributed by atoms with Crippen LogP contribution in [-0.2, 0) is 14.3 Å². The molecule has 2 atom stereocenters. The minimum absolute atomic E-state index is 0.102. The maximum atomic E-state index is 13.9. The number of unbranched alkanes of at least 4 members (excludes halogenated alkanes) is 3. The van der Waals surface area contributed by atoms with Crippen LogP contribution in [-0.4, -0.2) is 57.8 Å². The predicted molar refractivity (Wildman–Crippen MR) is 151 cm³/mol. The van der Waals surface area contributed by atoms with E-state index in [4.69, 9.17) is 4.74 Å². The average Bonchev–Trinajstić information content (AvgIpc) is 2.86. The summed E-state index contributed by atoms with van der Waals surface area (Å²) in [5.74, 6) is -1.29. The molecule has 2 aromatic rings. The number of anilines is 1. The van der Waals surface area contributed by atoms with Gasteiger partial charge in [-0.1, -0.05) is 62.6 Å². The standard InChI is InChI=1S/C30H43N3O6/c1-7-8-9-12-18-33(28(37)24(19-34)32-29(38)39-30(4,5)6)25(22-16-13-15-21(3)26(22)35)27(36)31-23-17-11-10-14-20(23)2/h10-11,13-17,24-25,34-35H,7-9,12,18-19H2,1-6H3,(H,31,36)(H,32,38). The van der Waals surface area contributed by atoms with Crippen molar-refractivity contribution in [2.24, 2.45) is 0 Å². The second kappa shape index (κ2) is 14.5. The Labute approximate surface area is 231 Å². The van der Waals surface area contributed by atoms with Gasteiger partial charge in [0.1, 0.15) is 23.4 Å². The molecule has 9 heteroatoms. The summed E-state index contributed by atoms with van der Waals surface area (Å²) in [5, 5.41) is 26.4. The molecular formula is C30H43N3O6. The molecular weight excluding hydrogens is 498 g/mol. The van der Waals surface area contributed by atoms with Crippen LogP contribution in [0.5, 0.6) is 5.75 Å². The molecule has 2 aromatic carbocycles. The third-order valence-corrected chi connectivity index (χ3v) is 6.23. The second-order valence-electron chi connectivity index (χ2n) is 10.7. The molecule has 2 rings (SSSR count). The number of phenols is 1. The zero-order valence-corrected chi connectivity index (χ0v) is 23.9. The number of hydrogen-bond donors (Lipinski definition) is 4. The lowest BCUT2D eigenvalue weighted by Gasteiger charge is -2.34. The fourth-order valence-corrected chi connectivity index (χ4v) is 4.18. The van der Waals surface area contributed by atoms with Crippen molar-refractivity contribution in [1.82, 2.24) is 10.2 Å². The first-order chi connectivity index (χ1) is 18.4. The number of amides is 3. The number of benzene rings is 2. The van der Waals surface area contributed by atoms with Crippen molar-refractivity contribution in [2.45, 2.75) is 84.9 Å². The Bertz CT molecular complexity index is 1130. The van der Waals surface area contributed by atoms with Gasteiger partial charge < -0.3 is 30.5 Å². The number of nitrogens with zero attached hydrogens (tertiary/aromatic N) is 1. The molecule has 0 bridgehead atoms. The van der Waals surface area contributed by atoms with Crippen LogP contribution in [0.3, 0.4) is 0 Å². The summed E-state index contributed by atoms with van der Waals surface area (Å²) in [4.78, 5) is 41.6. The van der Waals surface area contributed by atoms with Gasteiger partial charge in [0.05, 0.1) is 6.61 Å². The van der Waals surface area contributed by atoms with Gasteiger partial charge in [0.2, 0.25) is 5.91 Å². The molecule has 9 nitrogen and oxygen atoms in total. The van der Waals surface area contributed by atoms with E-state index in [9.17, 15) is 24.6 Å². The number of carbonyl (C=O) groups excluding carboxylic acids is 3. The first kappa shape index (κ1) is 31.6. The minimum Gasteiger partial charge on any atom is -0.507 e. The normalized spacial score (nSPS) is 12.8. The molecule has 0 saturated carbocycles. The summed E-state index contributed by atoms with van der Waals surface area (Å²) in [6.07, 6.45) is 2.46. The number of aliphatic hydroxyl groups excluding tert-OH is 1. The van der Waals surface area contributed by atoms with Crippen LogP contribution in [0.4, 0.5) is 10.5 Å². The molecule has 0 radical (unpaired) electrons. The number of aryl methyl sites for hydroxylation is 2. The number of nitrogens with one attached hydrogen (secondary N) is 2. The second-order valence-corrected chi connectivity index (χ2v) is 10.7. The van der Waals surface area contributed by atoms with E-state index in [1.807, 2.05) is 19.1 Å². The number of aromatic hydroxyl groups is 1. The van der Waals surface area contributed by atoms with Gasteiger partial charge in [-0.15, -0.1) is 0 Å². The van der Waals surface area contributed by atoms with Crippen molar-refractivity contribution in [3.05, 3.63) is 59.2 Å². The molecule has 39 heavy (non-hydrogen) atoms. The Morgan fingerprint density at radius 3 is 2.26 bits per heavy atom. The van der Waals surface area contributed by atoms with Crippen LogP contribution in [0.1, 0.15) is 76.1 Å². The Balaban J connectivity index is 2.54. The van der Waals surface area contributed by atoms with E-state index in [1.165, 1.54) is 4.90 Å². The number of phenolic OH excluding ortho intramolecular Hbond substituents is 1. The molecule has 3 amide bonds. The first-order valence-electron chi connectivity index (χ1n) is 13.4. The lowest BCUT2D eigenvalue weighted by molar-refractivity contribution is -0.141. The maximum absolute atomic E-state index is 13.9. The van der Waals surface area contributed by atoms with E-state index in [-0.39, 0.29) is 17.9 Å². The van der Waals surface area contributed by atoms with E-state index in [2.05, 4.69) is 17.6 Å². The maximum Gasteiger partial charge on any atom is 0.408 e.